The van der Waals surface area contributed by atoms with Crippen molar-refractivity contribution in [2.24, 2.45) is 11.8 Å². The zero-order chi connectivity index (χ0) is 21.7. The lowest BCUT2D eigenvalue weighted by Gasteiger charge is -2.37. The maximum absolute atomic E-state index is 13.0. The number of hydrogen-bond acceptors (Lipinski definition) is 4. The number of piperidine rings is 1. The summed E-state index contributed by atoms with van der Waals surface area (Å²) in [5.41, 5.74) is 0.679. The smallest absolute Gasteiger partial charge is 0.410 e. The van der Waals surface area contributed by atoms with Gasteiger partial charge >= 0.3 is 6.09 Å². The van der Waals surface area contributed by atoms with E-state index in [0.717, 1.165) is 57.3 Å². The van der Waals surface area contributed by atoms with E-state index in [9.17, 15) is 9.59 Å². The first-order valence-corrected chi connectivity index (χ1v) is 11.4. The molecule has 2 heterocycles. The van der Waals surface area contributed by atoms with Gasteiger partial charge in [-0.15, -0.1) is 0 Å². The average molecular weight is 416 g/mol. The van der Waals surface area contributed by atoms with Gasteiger partial charge in [-0.2, -0.15) is 0 Å². The summed E-state index contributed by atoms with van der Waals surface area (Å²) >= 11 is 0. The highest BCUT2D eigenvalue weighted by Crippen LogP contribution is 2.33. The number of amides is 2. The third-order valence-corrected chi connectivity index (χ3v) is 6.35. The van der Waals surface area contributed by atoms with Crippen LogP contribution in [0.3, 0.4) is 0 Å². The molecule has 2 amide bonds. The van der Waals surface area contributed by atoms with Gasteiger partial charge < -0.3 is 14.5 Å². The Bertz CT molecular complexity index is 700. The minimum atomic E-state index is -0.473. The van der Waals surface area contributed by atoms with E-state index in [-0.39, 0.29) is 12.0 Å². The number of hydrogen-bond donors (Lipinski definition) is 0. The molecule has 0 aromatic carbocycles. The number of carbonyl (C=O) groups is 2. The molecular weight excluding hydrogens is 378 g/mol. The van der Waals surface area contributed by atoms with E-state index < -0.39 is 5.60 Å². The van der Waals surface area contributed by atoms with Gasteiger partial charge in [0.25, 0.3) is 0 Å². The number of rotatable bonds is 4. The fraction of sp³-hybridized carbons (Fsp3) is 0.708. The molecule has 1 saturated carbocycles. The summed E-state index contributed by atoms with van der Waals surface area (Å²) in [5, 5.41) is 0. The molecule has 0 atom stereocenters. The molecule has 0 radical (unpaired) electrons. The molecule has 6 nitrogen and oxygen atoms in total. The van der Waals surface area contributed by atoms with Gasteiger partial charge in [-0.1, -0.05) is 6.07 Å². The first kappa shape index (κ1) is 22.6. The predicted molar refractivity (Wildman–Crippen MR) is 117 cm³/mol. The zero-order valence-electron chi connectivity index (χ0n) is 19.0. The summed E-state index contributed by atoms with van der Waals surface area (Å²) in [6.07, 6.45) is 7.42. The van der Waals surface area contributed by atoms with E-state index in [1.54, 1.807) is 11.9 Å². The quantitative estimate of drug-likeness (QED) is 0.728. The Balaban J connectivity index is 1.41. The highest BCUT2D eigenvalue weighted by Gasteiger charge is 2.33. The van der Waals surface area contributed by atoms with E-state index in [1.165, 1.54) is 0 Å². The van der Waals surface area contributed by atoms with Crippen molar-refractivity contribution in [1.82, 2.24) is 14.8 Å². The summed E-state index contributed by atoms with van der Waals surface area (Å²) < 4.78 is 5.44. The first-order valence-electron chi connectivity index (χ1n) is 11.4. The lowest BCUT2D eigenvalue weighted by Crippen LogP contribution is -2.43. The molecule has 1 aromatic rings. The lowest BCUT2D eigenvalue weighted by molar-refractivity contribution is -0.138. The van der Waals surface area contributed by atoms with Crippen molar-refractivity contribution in [2.45, 2.75) is 70.8 Å². The second-order valence-corrected chi connectivity index (χ2v) is 9.93. The Morgan fingerprint density at radius 2 is 1.77 bits per heavy atom. The van der Waals surface area contributed by atoms with E-state index in [4.69, 9.17) is 4.74 Å². The van der Waals surface area contributed by atoms with Gasteiger partial charge in [0.15, 0.2) is 0 Å². The van der Waals surface area contributed by atoms with Crippen molar-refractivity contribution in [3.05, 3.63) is 30.1 Å². The van der Waals surface area contributed by atoms with Gasteiger partial charge in [-0.25, -0.2) is 4.79 Å². The number of carbonyl (C=O) groups excluding carboxylic acids is 2. The van der Waals surface area contributed by atoms with Crippen LogP contribution in [0.5, 0.6) is 0 Å². The standard InChI is InChI=1S/C24H37N3O3/c1-24(2,3)30-23(29)26(4)17-18-8-10-20(11-9-18)22(28)27-15-12-19(13-16-27)21-7-5-6-14-25-21/h5-7,14,18-20H,8-13,15-17H2,1-4H3/t18-,20-. The molecule has 0 unspecified atom stereocenters. The Kier molecular flexibility index (Phi) is 7.37. The van der Waals surface area contributed by atoms with E-state index in [1.807, 2.05) is 39.1 Å². The SMILES string of the molecule is CN(C[C@H]1CC[C@H](C(=O)N2CCC(c3ccccn3)CC2)CC1)C(=O)OC(C)(C)C. The topological polar surface area (TPSA) is 62.7 Å². The number of aromatic nitrogens is 1. The molecular formula is C24H37N3O3. The molecule has 1 aliphatic carbocycles. The third kappa shape index (κ3) is 6.19. The van der Waals surface area contributed by atoms with Crippen LogP contribution in [0.1, 0.15) is 70.9 Å². The summed E-state index contributed by atoms with van der Waals surface area (Å²) in [6.45, 7) is 8.02. The molecule has 1 aromatic heterocycles. The molecule has 6 heteroatoms. The fourth-order valence-corrected chi connectivity index (χ4v) is 4.66. The van der Waals surface area contributed by atoms with Crippen LogP contribution in [0.2, 0.25) is 0 Å². The molecule has 0 N–H and O–H groups in total. The van der Waals surface area contributed by atoms with Crippen molar-refractivity contribution in [1.29, 1.82) is 0 Å². The summed E-state index contributed by atoms with van der Waals surface area (Å²) in [6, 6.07) is 6.08. The molecule has 3 rings (SSSR count). The minimum Gasteiger partial charge on any atom is -0.444 e. The molecule has 0 spiro atoms. The summed E-state index contributed by atoms with van der Waals surface area (Å²) in [7, 11) is 1.80. The van der Waals surface area contributed by atoms with Crippen LogP contribution in [0.25, 0.3) is 0 Å². The zero-order valence-corrected chi connectivity index (χ0v) is 19.0. The van der Waals surface area contributed by atoms with E-state index in [2.05, 4.69) is 16.0 Å². The van der Waals surface area contributed by atoms with Crippen LogP contribution in [0, 0.1) is 11.8 Å². The monoisotopic (exact) mass is 415 g/mol. The Morgan fingerprint density at radius 1 is 1.10 bits per heavy atom. The van der Waals surface area contributed by atoms with Crippen molar-refractivity contribution in [3.63, 3.8) is 0 Å². The van der Waals surface area contributed by atoms with Gasteiger partial charge in [-0.05, 0) is 77.3 Å². The maximum atomic E-state index is 13.0. The normalized spacial score (nSPS) is 23.1. The molecule has 1 aliphatic heterocycles. The highest BCUT2D eigenvalue weighted by molar-refractivity contribution is 5.79. The number of nitrogens with zero attached hydrogens (tertiary/aromatic N) is 3. The summed E-state index contributed by atoms with van der Waals surface area (Å²) in [4.78, 5) is 33.4. The largest absolute Gasteiger partial charge is 0.444 e. The minimum absolute atomic E-state index is 0.138. The van der Waals surface area contributed by atoms with E-state index >= 15 is 0 Å². The maximum Gasteiger partial charge on any atom is 0.410 e. The number of ether oxygens (including phenoxy) is 1. The van der Waals surface area contributed by atoms with Crippen molar-refractivity contribution in [2.75, 3.05) is 26.7 Å². The van der Waals surface area contributed by atoms with Gasteiger partial charge in [0.05, 0.1) is 0 Å². The van der Waals surface area contributed by atoms with Crippen molar-refractivity contribution >= 4 is 12.0 Å². The average Bonchev–Trinajstić information content (AvgIpc) is 2.73. The van der Waals surface area contributed by atoms with Gasteiger partial charge in [0.1, 0.15) is 5.60 Å². The van der Waals surface area contributed by atoms with E-state index in [0.29, 0.717) is 24.3 Å². The lowest BCUT2D eigenvalue weighted by atomic mass is 9.80. The van der Waals surface area contributed by atoms with Crippen molar-refractivity contribution < 1.29 is 14.3 Å². The second-order valence-electron chi connectivity index (χ2n) is 9.93. The Morgan fingerprint density at radius 3 is 2.33 bits per heavy atom. The van der Waals surface area contributed by atoms with Crippen molar-refractivity contribution in [3.8, 4) is 0 Å². The molecule has 1 saturated heterocycles. The van der Waals surface area contributed by atoms with Crippen LogP contribution in [0.15, 0.2) is 24.4 Å². The predicted octanol–water partition coefficient (Wildman–Crippen LogP) is 4.46. The number of pyridine rings is 1. The van der Waals surface area contributed by atoms with Crippen LogP contribution < -0.4 is 0 Å². The molecule has 2 fully saturated rings. The Hall–Kier alpha value is -2.11. The first-order chi connectivity index (χ1) is 14.2. The van der Waals surface area contributed by atoms with Crippen LogP contribution in [-0.2, 0) is 9.53 Å². The van der Waals surface area contributed by atoms with Gasteiger partial charge in [-0.3, -0.25) is 9.78 Å². The second kappa shape index (κ2) is 9.80. The highest BCUT2D eigenvalue weighted by atomic mass is 16.6. The molecule has 2 aliphatic rings. The van der Waals surface area contributed by atoms with Crippen LogP contribution in [-0.4, -0.2) is 59.1 Å². The molecule has 30 heavy (non-hydrogen) atoms. The molecule has 166 valence electrons. The fourth-order valence-electron chi connectivity index (χ4n) is 4.66. The third-order valence-electron chi connectivity index (χ3n) is 6.35. The Labute approximate surface area is 181 Å². The van der Waals surface area contributed by atoms with Crippen LogP contribution >= 0.6 is 0 Å². The van der Waals surface area contributed by atoms with Gasteiger partial charge in [0.2, 0.25) is 5.91 Å². The molecule has 0 bridgehead atoms. The summed E-state index contributed by atoms with van der Waals surface area (Å²) in [5.74, 6) is 1.38. The number of likely N-dealkylation sites (tertiary alicyclic amines) is 1. The van der Waals surface area contributed by atoms with Crippen LogP contribution in [0.4, 0.5) is 4.79 Å². The van der Waals surface area contributed by atoms with Gasteiger partial charge in [0, 0.05) is 50.4 Å².